The standard InChI is InChI=1S/C31H40N2O5/c1-29-11-10-21(34)14-20(29)8-9-22-23-15-26-31(25(36)17-33-13-12-32-18-33,30(23,2)16-24(35)27(22)29)38-28(37-26)19-6-4-3-5-7-19/h10-14,18-19,22-24,26-28,35H,3-9,15-17H2,1-2H3/t22-,23-,24-,26-,27+,28+,29-,30-,31+/m0/s1. The summed E-state index contributed by atoms with van der Waals surface area (Å²) in [6.45, 7) is 4.58. The van der Waals surface area contributed by atoms with Crippen molar-refractivity contribution in [1.82, 2.24) is 9.55 Å². The van der Waals surface area contributed by atoms with E-state index in [9.17, 15) is 14.7 Å². The van der Waals surface area contributed by atoms with Gasteiger partial charge in [-0.25, -0.2) is 4.98 Å². The van der Waals surface area contributed by atoms with Crippen LogP contribution in [0.2, 0.25) is 0 Å². The average Bonchev–Trinajstić information content (AvgIpc) is 3.60. The number of allylic oxidation sites excluding steroid dienone is 4. The second-order valence-corrected chi connectivity index (χ2v) is 13.4. The van der Waals surface area contributed by atoms with Crippen LogP contribution in [0.5, 0.6) is 0 Å². The third kappa shape index (κ3) is 3.34. The summed E-state index contributed by atoms with van der Waals surface area (Å²) in [6, 6.07) is 0. The summed E-state index contributed by atoms with van der Waals surface area (Å²) >= 11 is 0. The summed E-state index contributed by atoms with van der Waals surface area (Å²) in [7, 11) is 0. The van der Waals surface area contributed by atoms with E-state index in [1.165, 1.54) is 19.3 Å². The van der Waals surface area contributed by atoms with Gasteiger partial charge in [-0.15, -0.1) is 0 Å². The number of hydrogen-bond acceptors (Lipinski definition) is 6. The molecular formula is C31H40N2O5. The van der Waals surface area contributed by atoms with Crippen LogP contribution >= 0.6 is 0 Å². The molecule has 9 atom stereocenters. The number of imidazole rings is 1. The van der Waals surface area contributed by atoms with E-state index in [1.807, 2.05) is 16.8 Å². The molecule has 7 heteroatoms. The molecule has 1 N–H and O–H groups in total. The fourth-order valence-electron chi connectivity index (χ4n) is 9.87. The minimum Gasteiger partial charge on any atom is -0.393 e. The maximum absolute atomic E-state index is 14.4. The number of rotatable bonds is 4. The number of aliphatic hydroxyl groups excluding tert-OH is 1. The number of carbonyl (C=O) groups excluding carboxylic acids is 2. The predicted molar refractivity (Wildman–Crippen MR) is 140 cm³/mol. The average molecular weight is 521 g/mol. The number of nitrogens with zero attached hydrogens (tertiary/aromatic N) is 2. The molecule has 0 spiro atoms. The van der Waals surface area contributed by atoms with Crippen molar-refractivity contribution in [1.29, 1.82) is 0 Å². The lowest BCUT2D eigenvalue weighted by atomic mass is 9.46. The van der Waals surface area contributed by atoms with Gasteiger partial charge >= 0.3 is 0 Å². The number of ether oxygens (including phenoxy) is 2. The first-order chi connectivity index (χ1) is 18.3. The van der Waals surface area contributed by atoms with E-state index in [4.69, 9.17) is 9.47 Å². The van der Waals surface area contributed by atoms with E-state index < -0.39 is 17.1 Å². The summed E-state index contributed by atoms with van der Waals surface area (Å²) < 4.78 is 15.6. The molecule has 1 aromatic heterocycles. The number of ketones is 2. The van der Waals surface area contributed by atoms with Gasteiger partial charge in [-0.3, -0.25) is 9.59 Å². The molecule has 1 aromatic rings. The van der Waals surface area contributed by atoms with E-state index in [0.29, 0.717) is 12.3 Å². The van der Waals surface area contributed by atoms with Crippen molar-refractivity contribution in [3.8, 4) is 0 Å². The number of fused-ring (bicyclic) bond motifs is 7. The third-order valence-corrected chi connectivity index (χ3v) is 11.6. The summed E-state index contributed by atoms with van der Waals surface area (Å²) in [5.74, 6) is 0.846. The van der Waals surface area contributed by atoms with Gasteiger partial charge in [0.15, 0.2) is 23.5 Å². The Morgan fingerprint density at radius 1 is 1.21 bits per heavy atom. The van der Waals surface area contributed by atoms with Gasteiger partial charge in [-0.1, -0.05) is 44.8 Å². The van der Waals surface area contributed by atoms with Crippen molar-refractivity contribution in [3.05, 3.63) is 42.5 Å². The first kappa shape index (κ1) is 24.9. The van der Waals surface area contributed by atoms with Crippen molar-refractivity contribution in [2.75, 3.05) is 0 Å². The molecule has 2 heterocycles. The Morgan fingerprint density at radius 3 is 2.79 bits per heavy atom. The van der Waals surface area contributed by atoms with Gasteiger partial charge in [0.05, 0.1) is 25.1 Å². The molecule has 0 bridgehead atoms. The molecule has 0 amide bonds. The molecule has 1 aliphatic heterocycles. The van der Waals surface area contributed by atoms with Gasteiger partial charge in [0, 0.05) is 35.1 Å². The molecule has 0 aromatic carbocycles. The van der Waals surface area contributed by atoms with Crippen LogP contribution in [0.1, 0.15) is 71.6 Å². The molecule has 38 heavy (non-hydrogen) atoms. The molecule has 204 valence electrons. The minimum absolute atomic E-state index is 0.0127. The van der Waals surface area contributed by atoms with Gasteiger partial charge in [-0.2, -0.15) is 0 Å². The van der Waals surface area contributed by atoms with E-state index in [0.717, 1.165) is 37.7 Å². The molecule has 7 rings (SSSR count). The first-order valence-corrected chi connectivity index (χ1v) is 14.7. The van der Waals surface area contributed by atoms with Crippen molar-refractivity contribution in [2.24, 2.45) is 34.5 Å². The minimum atomic E-state index is -1.08. The molecular weight excluding hydrogens is 480 g/mol. The van der Waals surface area contributed by atoms with Gasteiger partial charge in [-0.05, 0) is 62.5 Å². The lowest BCUT2D eigenvalue weighted by Gasteiger charge is -2.59. The highest BCUT2D eigenvalue weighted by Gasteiger charge is 2.76. The summed E-state index contributed by atoms with van der Waals surface area (Å²) in [4.78, 5) is 30.7. The lowest BCUT2D eigenvalue weighted by Crippen LogP contribution is -2.63. The van der Waals surface area contributed by atoms with Crippen LogP contribution in [0.4, 0.5) is 0 Å². The fourth-order valence-corrected chi connectivity index (χ4v) is 9.87. The number of aromatic nitrogens is 2. The SMILES string of the molecule is C[C@]12C=CC(=O)C=C1CC[C@@H]1[C@@H]2[C@@H](O)C[C@@]2(C)[C@H]1C[C@@H]1O[C@@H](C3CCCCC3)O[C@]12C(=O)Cn1ccnc1. The Kier molecular flexibility index (Phi) is 5.71. The smallest absolute Gasteiger partial charge is 0.187 e. The van der Waals surface area contributed by atoms with Crippen LogP contribution in [-0.4, -0.2) is 50.3 Å². The van der Waals surface area contributed by atoms with Gasteiger partial charge in [0.1, 0.15) is 0 Å². The lowest BCUT2D eigenvalue weighted by molar-refractivity contribution is -0.208. The fraction of sp³-hybridized carbons (Fsp3) is 0.710. The summed E-state index contributed by atoms with van der Waals surface area (Å²) in [5, 5.41) is 11.9. The Balaban J connectivity index is 1.27. The number of Topliss-reactive ketones (excluding diaryl/α,β-unsaturated/α-hetero) is 1. The topological polar surface area (TPSA) is 90.7 Å². The largest absolute Gasteiger partial charge is 0.393 e. The highest BCUT2D eigenvalue weighted by Crippen LogP contribution is 2.70. The van der Waals surface area contributed by atoms with Crippen molar-refractivity contribution < 1.29 is 24.2 Å². The van der Waals surface area contributed by atoms with Gasteiger partial charge in [0.2, 0.25) is 0 Å². The molecule has 5 fully saturated rings. The third-order valence-electron chi connectivity index (χ3n) is 11.6. The Bertz CT molecular complexity index is 1180. The maximum atomic E-state index is 14.4. The number of aliphatic hydroxyl groups is 1. The zero-order valence-electron chi connectivity index (χ0n) is 22.6. The molecule has 0 unspecified atom stereocenters. The second kappa shape index (κ2) is 8.70. The molecule has 0 radical (unpaired) electrons. The predicted octanol–water partition coefficient (Wildman–Crippen LogP) is 4.40. The van der Waals surface area contributed by atoms with Crippen LogP contribution < -0.4 is 0 Å². The van der Waals surface area contributed by atoms with Crippen molar-refractivity contribution >= 4 is 11.6 Å². The normalized spacial score (nSPS) is 46.2. The zero-order valence-corrected chi connectivity index (χ0v) is 22.6. The quantitative estimate of drug-likeness (QED) is 0.633. The number of hydrogen-bond donors (Lipinski definition) is 1. The first-order valence-electron chi connectivity index (χ1n) is 14.7. The molecule has 6 aliphatic rings. The highest BCUT2D eigenvalue weighted by molar-refractivity contribution is 6.01. The Morgan fingerprint density at radius 2 is 2.03 bits per heavy atom. The molecule has 7 nitrogen and oxygen atoms in total. The monoisotopic (exact) mass is 520 g/mol. The molecule has 5 aliphatic carbocycles. The zero-order chi connectivity index (χ0) is 26.3. The van der Waals surface area contributed by atoms with Crippen molar-refractivity contribution in [2.45, 2.75) is 102 Å². The van der Waals surface area contributed by atoms with E-state index in [1.54, 1.807) is 24.7 Å². The second-order valence-electron chi connectivity index (χ2n) is 13.4. The highest BCUT2D eigenvalue weighted by atomic mass is 16.7. The van der Waals surface area contributed by atoms with E-state index >= 15 is 0 Å². The maximum Gasteiger partial charge on any atom is 0.187 e. The van der Waals surface area contributed by atoms with E-state index in [-0.39, 0.29) is 53.7 Å². The Hall–Kier alpha value is -2.09. The van der Waals surface area contributed by atoms with Crippen LogP contribution in [0.3, 0.4) is 0 Å². The van der Waals surface area contributed by atoms with Crippen molar-refractivity contribution in [3.63, 3.8) is 0 Å². The Labute approximate surface area is 224 Å². The molecule has 1 saturated heterocycles. The molecule has 4 saturated carbocycles. The van der Waals surface area contributed by atoms with Crippen LogP contribution in [0.15, 0.2) is 42.5 Å². The van der Waals surface area contributed by atoms with Crippen LogP contribution in [0, 0.1) is 34.5 Å². The number of carbonyl (C=O) groups is 2. The van der Waals surface area contributed by atoms with E-state index in [2.05, 4.69) is 18.8 Å². The summed E-state index contributed by atoms with van der Waals surface area (Å²) in [6.07, 6.45) is 18.3. The van der Waals surface area contributed by atoms with Crippen LogP contribution in [-0.2, 0) is 25.6 Å². The summed E-state index contributed by atoms with van der Waals surface area (Å²) in [5.41, 5.74) is -0.811. The van der Waals surface area contributed by atoms with Gasteiger partial charge < -0.3 is 19.1 Å². The van der Waals surface area contributed by atoms with Crippen LogP contribution in [0.25, 0.3) is 0 Å². The van der Waals surface area contributed by atoms with Gasteiger partial charge in [0.25, 0.3) is 0 Å².